The molecule has 1 aliphatic heterocycles. The first-order valence-electron chi connectivity index (χ1n) is 8.70. The van der Waals surface area contributed by atoms with Crippen LogP contribution in [0.4, 0.5) is 5.69 Å². The molecule has 1 aromatic rings. The van der Waals surface area contributed by atoms with Crippen molar-refractivity contribution in [2.24, 2.45) is 0 Å². The van der Waals surface area contributed by atoms with Crippen LogP contribution in [0.3, 0.4) is 0 Å². The molecule has 2 fully saturated rings. The minimum atomic E-state index is -0.150. The second-order valence-corrected chi connectivity index (χ2v) is 6.62. The van der Waals surface area contributed by atoms with Crippen molar-refractivity contribution in [3.8, 4) is 0 Å². The molecule has 3 amide bonds. The molecule has 1 saturated heterocycles. The predicted octanol–water partition coefficient (Wildman–Crippen LogP) is 0.681. The van der Waals surface area contributed by atoms with Crippen molar-refractivity contribution in [3.05, 3.63) is 29.8 Å². The quantitative estimate of drug-likeness (QED) is 0.823. The Morgan fingerprint density at radius 1 is 1.08 bits per heavy atom. The first kappa shape index (κ1) is 17.4. The largest absolute Gasteiger partial charge is 0.349 e. The number of carbonyl (C=O) groups is 3. The lowest BCUT2D eigenvalue weighted by molar-refractivity contribution is -0.130. The molecule has 0 radical (unpaired) electrons. The molecule has 2 aliphatic rings. The van der Waals surface area contributed by atoms with Crippen molar-refractivity contribution in [1.82, 2.24) is 15.1 Å². The van der Waals surface area contributed by atoms with E-state index in [4.69, 9.17) is 0 Å². The Bertz CT molecular complexity index is 664. The van der Waals surface area contributed by atoms with E-state index in [1.54, 1.807) is 36.1 Å². The molecule has 7 heteroatoms. The third-order valence-electron chi connectivity index (χ3n) is 4.54. The van der Waals surface area contributed by atoms with E-state index in [0.29, 0.717) is 37.4 Å². The highest BCUT2D eigenvalue weighted by atomic mass is 16.2. The van der Waals surface area contributed by atoms with Crippen LogP contribution in [0.5, 0.6) is 0 Å². The number of benzene rings is 1. The van der Waals surface area contributed by atoms with Crippen molar-refractivity contribution in [1.29, 1.82) is 0 Å². The lowest BCUT2D eigenvalue weighted by atomic mass is 10.1. The molecule has 1 heterocycles. The monoisotopic (exact) mass is 344 g/mol. The van der Waals surface area contributed by atoms with Gasteiger partial charge in [0.05, 0.1) is 17.8 Å². The standard InChI is InChI=1S/C18H24N4O3/c1-13(23)22-10-8-21(9-11-22)12-17(24)20-16-5-3-2-4-15(16)18(25)19-14-6-7-14/h2-5,14H,6-12H2,1H3,(H,19,25)(H,20,24). The topological polar surface area (TPSA) is 81.8 Å². The molecule has 1 aromatic carbocycles. The van der Waals surface area contributed by atoms with Gasteiger partial charge in [-0.25, -0.2) is 0 Å². The fourth-order valence-corrected chi connectivity index (χ4v) is 2.89. The third-order valence-corrected chi connectivity index (χ3v) is 4.54. The zero-order valence-electron chi connectivity index (χ0n) is 14.5. The van der Waals surface area contributed by atoms with Gasteiger partial charge in [0.1, 0.15) is 0 Å². The molecule has 0 spiro atoms. The summed E-state index contributed by atoms with van der Waals surface area (Å²) in [6.07, 6.45) is 2.04. The van der Waals surface area contributed by atoms with E-state index in [2.05, 4.69) is 10.6 Å². The Kier molecular flexibility index (Phi) is 5.33. The second-order valence-electron chi connectivity index (χ2n) is 6.62. The van der Waals surface area contributed by atoms with Gasteiger partial charge in [0, 0.05) is 39.1 Å². The van der Waals surface area contributed by atoms with Crippen molar-refractivity contribution >= 4 is 23.4 Å². The minimum Gasteiger partial charge on any atom is -0.349 e. The highest BCUT2D eigenvalue weighted by molar-refractivity contribution is 6.04. The van der Waals surface area contributed by atoms with Crippen LogP contribution in [-0.4, -0.2) is 66.3 Å². The van der Waals surface area contributed by atoms with Crippen molar-refractivity contribution in [3.63, 3.8) is 0 Å². The minimum absolute atomic E-state index is 0.0692. The summed E-state index contributed by atoms with van der Waals surface area (Å²) >= 11 is 0. The Hall–Kier alpha value is -2.41. The Balaban J connectivity index is 1.54. The van der Waals surface area contributed by atoms with E-state index in [1.165, 1.54) is 0 Å². The van der Waals surface area contributed by atoms with Crippen LogP contribution in [0.15, 0.2) is 24.3 Å². The van der Waals surface area contributed by atoms with Gasteiger partial charge in [0.15, 0.2) is 0 Å². The summed E-state index contributed by atoms with van der Waals surface area (Å²) in [5, 5.41) is 5.79. The number of amides is 3. The molecule has 0 aromatic heterocycles. The molecule has 134 valence electrons. The Morgan fingerprint density at radius 3 is 2.40 bits per heavy atom. The number of piperazine rings is 1. The normalized spacial score (nSPS) is 17.9. The molecule has 1 aliphatic carbocycles. The fourth-order valence-electron chi connectivity index (χ4n) is 2.89. The van der Waals surface area contributed by atoms with E-state index < -0.39 is 0 Å². The van der Waals surface area contributed by atoms with Gasteiger partial charge in [-0.2, -0.15) is 0 Å². The van der Waals surface area contributed by atoms with Gasteiger partial charge in [-0.05, 0) is 25.0 Å². The van der Waals surface area contributed by atoms with E-state index in [9.17, 15) is 14.4 Å². The maximum Gasteiger partial charge on any atom is 0.253 e. The van der Waals surface area contributed by atoms with Gasteiger partial charge in [0.2, 0.25) is 11.8 Å². The van der Waals surface area contributed by atoms with Gasteiger partial charge in [-0.3, -0.25) is 19.3 Å². The highest BCUT2D eigenvalue weighted by Crippen LogP contribution is 2.21. The van der Waals surface area contributed by atoms with E-state index in [1.807, 2.05) is 4.90 Å². The molecule has 1 saturated carbocycles. The SMILES string of the molecule is CC(=O)N1CCN(CC(=O)Nc2ccccc2C(=O)NC2CC2)CC1. The summed E-state index contributed by atoms with van der Waals surface area (Å²) < 4.78 is 0. The maximum absolute atomic E-state index is 12.3. The predicted molar refractivity (Wildman–Crippen MR) is 94.3 cm³/mol. The van der Waals surface area contributed by atoms with E-state index >= 15 is 0 Å². The number of hydrogen-bond donors (Lipinski definition) is 2. The summed E-state index contributed by atoms with van der Waals surface area (Å²) in [5.41, 5.74) is 1.03. The fraction of sp³-hybridized carbons (Fsp3) is 0.500. The molecule has 0 bridgehead atoms. The zero-order chi connectivity index (χ0) is 17.8. The number of nitrogens with one attached hydrogen (secondary N) is 2. The number of rotatable bonds is 5. The summed E-state index contributed by atoms with van der Waals surface area (Å²) in [4.78, 5) is 39.8. The van der Waals surface area contributed by atoms with E-state index in [0.717, 1.165) is 12.8 Å². The van der Waals surface area contributed by atoms with Crippen LogP contribution in [0.2, 0.25) is 0 Å². The third kappa shape index (κ3) is 4.79. The van der Waals surface area contributed by atoms with Crippen LogP contribution in [0, 0.1) is 0 Å². The molecular formula is C18H24N4O3. The van der Waals surface area contributed by atoms with Crippen LogP contribution in [0.1, 0.15) is 30.1 Å². The smallest absolute Gasteiger partial charge is 0.253 e. The number of para-hydroxylation sites is 1. The molecule has 0 atom stereocenters. The summed E-state index contributed by atoms with van der Waals surface area (Å²) in [7, 11) is 0. The lowest BCUT2D eigenvalue weighted by Crippen LogP contribution is -2.49. The molecular weight excluding hydrogens is 320 g/mol. The van der Waals surface area contributed by atoms with Crippen LogP contribution < -0.4 is 10.6 Å². The van der Waals surface area contributed by atoms with E-state index in [-0.39, 0.29) is 30.3 Å². The molecule has 7 nitrogen and oxygen atoms in total. The van der Waals surface area contributed by atoms with Gasteiger partial charge in [-0.15, -0.1) is 0 Å². The average molecular weight is 344 g/mol. The molecule has 25 heavy (non-hydrogen) atoms. The molecule has 0 unspecified atom stereocenters. The first-order valence-corrected chi connectivity index (χ1v) is 8.70. The number of anilines is 1. The van der Waals surface area contributed by atoms with Gasteiger partial charge in [-0.1, -0.05) is 12.1 Å². The second kappa shape index (κ2) is 7.65. The number of hydrogen-bond acceptors (Lipinski definition) is 4. The lowest BCUT2D eigenvalue weighted by Gasteiger charge is -2.33. The number of carbonyl (C=O) groups excluding carboxylic acids is 3. The summed E-state index contributed by atoms with van der Waals surface area (Å²) in [5.74, 6) is -0.226. The van der Waals surface area contributed by atoms with Crippen LogP contribution >= 0.6 is 0 Å². The van der Waals surface area contributed by atoms with Crippen molar-refractivity contribution in [2.45, 2.75) is 25.8 Å². The Morgan fingerprint density at radius 2 is 1.76 bits per heavy atom. The Labute approximate surface area is 147 Å². The molecule has 3 rings (SSSR count). The van der Waals surface area contributed by atoms with Gasteiger partial charge in [0.25, 0.3) is 5.91 Å². The summed E-state index contributed by atoms with van der Waals surface area (Å²) in [6.45, 7) is 4.45. The maximum atomic E-state index is 12.3. The molecule has 2 N–H and O–H groups in total. The number of nitrogens with zero attached hydrogens (tertiary/aromatic N) is 2. The zero-order valence-corrected chi connectivity index (χ0v) is 14.5. The first-order chi connectivity index (χ1) is 12.0. The summed E-state index contributed by atoms with van der Waals surface area (Å²) in [6, 6.07) is 7.33. The average Bonchev–Trinajstić information content (AvgIpc) is 3.39. The van der Waals surface area contributed by atoms with Crippen LogP contribution in [-0.2, 0) is 9.59 Å². The van der Waals surface area contributed by atoms with Gasteiger partial charge >= 0.3 is 0 Å². The van der Waals surface area contributed by atoms with Crippen LogP contribution in [0.25, 0.3) is 0 Å². The van der Waals surface area contributed by atoms with Gasteiger partial charge < -0.3 is 15.5 Å². The van der Waals surface area contributed by atoms with Crippen molar-refractivity contribution < 1.29 is 14.4 Å². The van der Waals surface area contributed by atoms with Crippen molar-refractivity contribution in [2.75, 3.05) is 38.0 Å². The highest BCUT2D eigenvalue weighted by Gasteiger charge is 2.25.